The summed E-state index contributed by atoms with van der Waals surface area (Å²) in [5.41, 5.74) is 0. The first-order valence-electron chi connectivity index (χ1n) is 4.83. The third-order valence-corrected chi connectivity index (χ3v) is 1.86. The number of hydrogen-bond acceptors (Lipinski definition) is 3. The molecule has 6 nitrogen and oxygen atoms in total. The Hall–Kier alpha value is -1.30. The van der Waals surface area contributed by atoms with Gasteiger partial charge in [0.15, 0.2) is 0 Å². The molecule has 0 saturated carbocycles. The van der Waals surface area contributed by atoms with Crippen molar-refractivity contribution in [2.24, 2.45) is 5.92 Å². The van der Waals surface area contributed by atoms with Crippen molar-refractivity contribution in [3.63, 3.8) is 0 Å². The average molecular weight is 217 g/mol. The molecule has 0 aliphatic rings. The number of carboxylic acid groups (broad SMARTS) is 1. The van der Waals surface area contributed by atoms with Crippen molar-refractivity contribution in [2.45, 2.75) is 6.92 Å². The van der Waals surface area contributed by atoms with Crippen molar-refractivity contribution < 1.29 is 14.7 Å². The highest BCUT2D eigenvalue weighted by atomic mass is 16.4. The van der Waals surface area contributed by atoms with E-state index in [1.54, 1.807) is 21.0 Å². The fraction of sp³-hybridized carbons (Fsp3) is 0.778. The van der Waals surface area contributed by atoms with Gasteiger partial charge in [0.2, 0.25) is 0 Å². The largest absolute Gasteiger partial charge is 0.481 e. The summed E-state index contributed by atoms with van der Waals surface area (Å²) >= 11 is 0. The molecule has 0 bridgehead atoms. The van der Waals surface area contributed by atoms with E-state index in [0.717, 1.165) is 0 Å². The van der Waals surface area contributed by atoms with Crippen LogP contribution in [0.15, 0.2) is 0 Å². The maximum Gasteiger partial charge on any atom is 0.316 e. The van der Waals surface area contributed by atoms with Gasteiger partial charge < -0.3 is 20.6 Å². The summed E-state index contributed by atoms with van der Waals surface area (Å²) in [6.07, 6.45) is 0. The first-order chi connectivity index (χ1) is 6.95. The van der Waals surface area contributed by atoms with Crippen molar-refractivity contribution in [3.8, 4) is 0 Å². The Morgan fingerprint density at radius 2 is 1.93 bits per heavy atom. The fourth-order valence-corrected chi connectivity index (χ4v) is 0.822. The smallest absolute Gasteiger partial charge is 0.316 e. The van der Waals surface area contributed by atoms with Crippen LogP contribution in [0, 0.1) is 5.92 Å². The first kappa shape index (κ1) is 13.7. The number of carbonyl (C=O) groups is 2. The van der Waals surface area contributed by atoms with Crippen LogP contribution in [0.3, 0.4) is 0 Å². The van der Waals surface area contributed by atoms with E-state index in [2.05, 4.69) is 10.6 Å². The second-order valence-electron chi connectivity index (χ2n) is 3.57. The number of carbonyl (C=O) groups excluding carboxylic acids is 1. The van der Waals surface area contributed by atoms with E-state index in [1.807, 2.05) is 0 Å². The van der Waals surface area contributed by atoms with E-state index < -0.39 is 11.9 Å². The minimum atomic E-state index is -0.820. The van der Waals surface area contributed by atoms with Crippen LogP contribution in [0.4, 0.5) is 4.79 Å². The van der Waals surface area contributed by atoms with E-state index in [-0.39, 0.29) is 6.03 Å². The second-order valence-corrected chi connectivity index (χ2v) is 3.57. The highest BCUT2D eigenvalue weighted by molar-refractivity contribution is 5.73. The zero-order chi connectivity index (χ0) is 11.8. The lowest BCUT2D eigenvalue weighted by Gasteiger charge is -2.12. The predicted octanol–water partition coefficient (Wildman–Crippen LogP) is -0.432. The van der Waals surface area contributed by atoms with Crippen LogP contribution in [0.2, 0.25) is 0 Å². The molecule has 0 saturated heterocycles. The molecule has 1 unspecified atom stereocenters. The van der Waals surface area contributed by atoms with Crippen LogP contribution >= 0.6 is 0 Å². The number of aliphatic carboxylic acids is 1. The molecule has 6 heteroatoms. The third kappa shape index (κ3) is 6.73. The Kier molecular flexibility index (Phi) is 6.44. The zero-order valence-corrected chi connectivity index (χ0v) is 9.41. The number of urea groups is 1. The Balaban J connectivity index is 3.40. The normalized spacial score (nSPS) is 11.9. The van der Waals surface area contributed by atoms with Gasteiger partial charge in [-0.3, -0.25) is 4.79 Å². The van der Waals surface area contributed by atoms with Gasteiger partial charge >= 0.3 is 12.0 Å². The molecule has 0 aliphatic carbocycles. The number of amides is 2. The number of nitrogens with one attached hydrogen (secondary N) is 2. The van der Waals surface area contributed by atoms with Gasteiger partial charge in [0.05, 0.1) is 5.92 Å². The topological polar surface area (TPSA) is 81.7 Å². The molecule has 0 aromatic heterocycles. The van der Waals surface area contributed by atoms with Crippen LogP contribution in [0.25, 0.3) is 0 Å². The van der Waals surface area contributed by atoms with Crippen LogP contribution in [0.5, 0.6) is 0 Å². The van der Waals surface area contributed by atoms with Gasteiger partial charge in [-0.15, -0.1) is 0 Å². The van der Waals surface area contributed by atoms with Crippen molar-refractivity contribution >= 4 is 12.0 Å². The molecule has 0 fully saturated rings. The third-order valence-electron chi connectivity index (χ3n) is 1.86. The molecular formula is C9H19N3O3. The first-order valence-corrected chi connectivity index (χ1v) is 4.83. The van der Waals surface area contributed by atoms with Crippen molar-refractivity contribution in [1.29, 1.82) is 0 Å². The Morgan fingerprint density at radius 1 is 1.33 bits per heavy atom. The Morgan fingerprint density at radius 3 is 2.40 bits per heavy atom. The minimum absolute atomic E-state index is 0.150. The highest BCUT2D eigenvalue weighted by Gasteiger charge is 2.09. The molecule has 0 heterocycles. The molecule has 2 amide bonds. The lowest BCUT2D eigenvalue weighted by atomic mass is 10.2. The summed E-state index contributed by atoms with van der Waals surface area (Å²) in [6.45, 7) is 3.10. The van der Waals surface area contributed by atoms with E-state index >= 15 is 0 Å². The molecule has 1 atom stereocenters. The molecule has 0 radical (unpaired) electrons. The van der Waals surface area contributed by atoms with Crippen LogP contribution in [0.1, 0.15) is 6.92 Å². The molecular weight excluding hydrogens is 198 g/mol. The number of rotatable bonds is 6. The number of hydrogen-bond donors (Lipinski definition) is 3. The maximum atomic E-state index is 11.0. The lowest BCUT2D eigenvalue weighted by molar-refractivity contribution is -0.140. The van der Waals surface area contributed by atoms with Gasteiger partial charge in [0, 0.05) is 33.7 Å². The summed E-state index contributed by atoms with van der Waals surface area (Å²) in [5.74, 6) is -1.23. The van der Waals surface area contributed by atoms with E-state index in [9.17, 15) is 9.59 Å². The minimum Gasteiger partial charge on any atom is -0.481 e. The van der Waals surface area contributed by atoms with E-state index in [1.165, 1.54) is 4.90 Å². The lowest BCUT2D eigenvalue weighted by Crippen LogP contribution is -2.39. The predicted molar refractivity (Wildman–Crippen MR) is 56.8 cm³/mol. The molecule has 0 spiro atoms. The summed E-state index contributed by atoms with van der Waals surface area (Å²) < 4.78 is 0. The van der Waals surface area contributed by atoms with Crippen molar-refractivity contribution in [2.75, 3.05) is 33.7 Å². The summed E-state index contributed by atoms with van der Waals surface area (Å²) in [4.78, 5) is 22.9. The molecule has 88 valence electrons. The maximum absolute atomic E-state index is 11.0. The second kappa shape index (κ2) is 7.05. The van der Waals surface area contributed by atoms with Gasteiger partial charge in [0.25, 0.3) is 0 Å². The van der Waals surface area contributed by atoms with Gasteiger partial charge in [-0.2, -0.15) is 0 Å². The molecule has 0 aromatic rings. The average Bonchev–Trinajstić information content (AvgIpc) is 2.16. The van der Waals surface area contributed by atoms with Gasteiger partial charge in [-0.05, 0) is 0 Å². The molecule has 15 heavy (non-hydrogen) atoms. The van der Waals surface area contributed by atoms with Crippen LogP contribution in [-0.4, -0.2) is 55.7 Å². The highest BCUT2D eigenvalue weighted by Crippen LogP contribution is 1.90. The van der Waals surface area contributed by atoms with Crippen LogP contribution in [-0.2, 0) is 4.79 Å². The van der Waals surface area contributed by atoms with E-state index in [4.69, 9.17) is 5.11 Å². The van der Waals surface area contributed by atoms with Crippen molar-refractivity contribution in [1.82, 2.24) is 15.5 Å². The standard InChI is InChI=1S/C9H19N3O3/c1-7(8(13)14)6-10-4-5-11-9(15)12(2)3/h7,10H,4-6H2,1-3H3,(H,11,15)(H,13,14). The van der Waals surface area contributed by atoms with Gasteiger partial charge in [-0.25, -0.2) is 4.79 Å². The van der Waals surface area contributed by atoms with E-state index in [0.29, 0.717) is 19.6 Å². The van der Waals surface area contributed by atoms with Gasteiger partial charge in [0.1, 0.15) is 0 Å². The number of nitrogens with zero attached hydrogens (tertiary/aromatic N) is 1. The Bertz CT molecular complexity index is 219. The van der Waals surface area contributed by atoms with Crippen LogP contribution < -0.4 is 10.6 Å². The Labute approximate surface area is 89.6 Å². The quantitative estimate of drug-likeness (QED) is 0.527. The summed E-state index contributed by atoms with van der Waals surface area (Å²) in [7, 11) is 3.32. The summed E-state index contributed by atoms with van der Waals surface area (Å²) in [5, 5.41) is 14.2. The molecule has 3 N–H and O–H groups in total. The molecule has 0 rings (SSSR count). The SMILES string of the molecule is CC(CNCCNC(=O)N(C)C)C(=O)O. The monoisotopic (exact) mass is 217 g/mol. The summed E-state index contributed by atoms with van der Waals surface area (Å²) in [6, 6.07) is -0.150. The van der Waals surface area contributed by atoms with Gasteiger partial charge in [-0.1, -0.05) is 6.92 Å². The zero-order valence-electron chi connectivity index (χ0n) is 9.41. The van der Waals surface area contributed by atoms with Crippen molar-refractivity contribution in [3.05, 3.63) is 0 Å². The molecule has 0 aliphatic heterocycles. The molecule has 0 aromatic carbocycles. The fourth-order valence-electron chi connectivity index (χ4n) is 0.822. The number of carboxylic acids is 1.